The van der Waals surface area contributed by atoms with Crippen molar-refractivity contribution in [3.63, 3.8) is 0 Å². The first-order chi connectivity index (χ1) is 8.54. The van der Waals surface area contributed by atoms with Gasteiger partial charge in [0.1, 0.15) is 5.75 Å². The Morgan fingerprint density at radius 2 is 1.74 bits per heavy atom. The second-order valence-corrected chi connectivity index (χ2v) is 5.20. The Hall–Kier alpha value is -1.78. The topological polar surface area (TPSA) is 98.8 Å². The van der Waals surface area contributed by atoms with Crippen molar-refractivity contribution in [1.82, 2.24) is 4.72 Å². The van der Waals surface area contributed by atoms with E-state index in [1.165, 1.54) is 0 Å². The molecule has 0 rings (SSSR count). The molecule has 1 atom stereocenters. The second-order valence-electron chi connectivity index (χ2n) is 3.02. The highest BCUT2D eigenvalue weighted by atomic mass is 32.2. The second kappa shape index (κ2) is 6.41. The van der Waals surface area contributed by atoms with Crippen molar-refractivity contribution in [2.75, 3.05) is 20.0 Å². The first-order valence-corrected chi connectivity index (χ1v) is 6.23. The summed E-state index contributed by atoms with van der Waals surface area (Å²) in [7, 11) is -2.32. The Labute approximate surface area is 106 Å². The van der Waals surface area contributed by atoms with Crippen LogP contribution in [-0.4, -0.2) is 53.6 Å². The van der Waals surface area contributed by atoms with E-state index in [1.54, 1.807) is 0 Å². The molecule has 1 N–H and O–H groups in total. The number of alkyl halides is 3. The Balaban J connectivity index is 5.37. The van der Waals surface area contributed by atoms with E-state index < -0.39 is 39.5 Å². The molecule has 0 aromatic rings. The molecule has 0 aliphatic heterocycles. The third-order valence-electron chi connectivity index (χ3n) is 1.57. The molecule has 1 amide bonds. The minimum Gasteiger partial charge on any atom is -0.468 e. The van der Waals surface area contributed by atoms with E-state index >= 15 is 0 Å². The van der Waals surface area contributed by atoms with Gasteiger partial charge in [0.05, 0.1) is 29.3 Å². The van der Waals surface area contributed by atoms with Crippen LogP contribution in [0.4, 0.5) is 13.2 Å². The Morgan fingerprint density at radius 3 is 2.11 bits per heavy atom. The normalized spacial score (nSPS) is 13.9. The highest BCUT2D eigenvalue weighted by molar-refractivity contribution is 8.01. The van der Waals surface area contributed by atoms with Gasteiger partial charge in [-0.1, -0.05) is 0 Å². The molecule has 0 aliphatic carbocycles. The summed E-state index contributed by atoms with van der Waals surface area (Å²) in [6.45, 7) is 0. The van der Waals surface area contributed by atoms with Crippen LogP contribution in [0.3, 0.4) is 0 Å². The molecule has 0 bridgehead atoms. The van der Waals surface area contributed by atoms with Gasteiger partial charge >= 0.3 is 24.0 Å². The molecule has 0 radical (unpaired) electrons. The quantitative estimate of drug-likeness (QED) is 0.529. The van der Waals surface area contributed by atoms with Crippen LogP contribution in [0.5, 0.6) is 0 Å². The minimum atomic E-state index is -5.32. The highest BCUT2D eigenvalue weighted by Gasteiger charge is 2.40. The van der Waals surface area contributed by atoms with Crippen molar-refractivity contribution >= 4 is 32.9 Å². The molecule has 19 heavy (non-hydrogen) atoms. The van der Waals surface area contributed by atoms with Gasteiger partial charge in [-0.15, -0.1) is 0 Å². The number of rotatable bonds is 4. The number of hydrogen-bond acceptors (Lipinski definition) is 6. The maximum Gasteiger partial charge on any atom is 0.472 e. The molecule has 110 valence electrons. The number of halogens is 3. The van der Waals surface area contributed by atoms with Gasteiger partial charge < -0.3 is 9.47 Å². The average Bonchev–Trinajstić information content (AvgIpc) is 2.26. The smallest absolute Gasteiger partial charge is 0.468 e. The van der Waals surface area contributed by atoms with E-state index in [9.17, 15) is 31.8 Å². The van der Waals surface area contributed by atoms with Gasteiger partial charge in [-0.3, -0.25) is 14.3 Å². The van der Waals surface area contributed by atoms with E-state index in [4.69, 9.17) is 0 Å². The van der Waals surface area contributed by atoms with Crippen molar-refractivity contribution in [3.05, 3.63) is 0 Å². The summed E-state index contributed by atoms with van der Waals surface area (Å²) in [6, 6.07) is 0. The molecule has 0 aromatic heterocycles. The van der Waals surface area contributed by atoms with Crippen LogP contribution in [0, 0.1) is 0 Å². The van der Waals surface area contributed by atoms with E-state index in [2.05, 4.69) is 9.47 Å². The van der Waals surface area contributed by atoms with Crippen LogP contribution in [0.25, 0.3) is 0 Å². The number of carbonyl (C=O) groups is 3. The fourth-order valence-electron chi connectivity index (χ4n) is 0.760. The van der Waals surface area contributed by atoms with Gasteiger partial charge in [0.25, 0.3) is 0 Å². The summed E-state index contributed by atoms with van der Waals surface area (Å²) < 4.78 is 57.2. The predicted molar refractivity (Wildman–Crippen MR) is 57.3 cm³/mol. The molecular formula is C8H10F3NO6S. The minimum absolute atomic E-state index is 0.188. The first-order valence-electron chi connectivity index (χ1n) is 4.44. The van der Waals surface area contributed by atoms with Crippen molar-refractivity contribution in [2.45, 2.75) is 6.18 Å². The summed E-state index contributed by atoms with van der Waals surface area (Å²) in [5, 5.41) is 0.188. The zero-order valence-corrected chi connectivity index (χ0v) is 10.6. The average molecular weight is 305 g/mol. The maximum atomic E-state index is 12.0. The van der Waals surface area contributed by atoms with Crippen molar-refractivity contribution in [3.8, 4) is 0 Å². The summed E-state index contributed by atoms with van der Waals surface area (Å²) in [4.78, 5) is 32.5. The number of nitrogens with one attached hydrogen (secondary N) is 1. The third kappa shape index (κ3) is 6.08. The van der Waals surface area contributed by atoms with Crippen LogP contribution in [0.15, 0.2) is 0 Å². The molecular weight excluding hydrogens is 295 g/mol. The molecule has 0 spiro atoms. The summed E-state index contributed by atoms with van der Waals surface area (Å²) in [5.41, 5.74) is 0. The van der Waals surface area contributed by atoms with Crippen LogP contribution < -0.4 is 4.72 Å². The van der Waals surface area contributed by atoms with Crippen LogP contribution in [-0.2, 0) is 33.6 Å². The molecule has 0 aromatic carbocycles. The van der Waals surface area contributed by atoms with Gasteiger partial charge in [0.15, 0.2) is 0 Å². The SMILES string of the molecule is COC(=O)C=S(=O)(CC(=O)OC)NC(=O)C(F)(F)F. The molecule has 0 aliphatic rings. The number of amides is 1. The first kappa shape index (κ1) is 17.2. The molecule has 0 saturated carbocycles. The lowest BCUT2D eigenvalue weighted by atomic mass is 10.6. The van der Waals surface area contributed by atoms with Gasteiger partial charge in [-0.2, -0.15) is 13.2 Å². The Bertz CT molecular complexity index is 491. The number of ether oxygens (including phenoxy) is 2. The Morgan fingerprint density at radius 1 is 1.21 bits per heavy atom. The van der Waals surface area contributed by atoms with Gasteiger partial charge in [0, 0.05) is 0 Å². The van der Waals surface area contributed by atoms with Crippen LogP contribution in [0.2, 0.25) is 0 Å². The lowest BCUT2D eigenvalue weighted by Gasteiger charge is -2.13. The van der Waals surface area contributed by atoms with E-state index in [0.29, 0.717) is 0 Å². The third-order valence-corrected chi connectivity index (χ3v) is 3.34. The number of esters is 2. The summed E-state index contributed by atoms with van der Waals surface area (Å²) in [6.07, 6.45) is -5.32. The fraction of sp³-hybridized carbons (Fsp3) is 0.500. The summed E-state index contributed by atoms with van der Waals surface area (Å²) >= 11 is 0. The highest BCUT2D eigenvalue weighted by Crippen LogP contribution is 2.14. The molecule has 0 saturated heterocycles. The van der Waals surface area contributed by atoms with Crippen molar-refractivity contribution in [2.24, 2.45) is 0 Å². The molecule has 0 fully saturated rings. The van der Waals surface area contributed by atoms with E-state index in [-0.39, 0.29) is 5.37 Å². The van der Waals surface area contributed by atoms with Crippen molar-refractivity contribution < 1.29 is 41.2 Å². The predicted octanol–water partition coefficient (Wildman–Crippen LogP) is -0.987. The lowest BCUT2D eigenvalue weighted by Crippen LogP contribution is -2.44. The van der Waals surface area contributed by atoms with Crippen LogP contribution in [0.1, 0.15) is 0 Å². The van der Waals surface area contributed by atoms with Crippen molar-refractivity contribution in [1.29, 1.82) is 0 Å². The maximum absolute atomic E-state index is 12.0. The number of carbonyl (C=O) groups excluding carboxylic acids is 3. The zero-order valence-electron chi connectivity index (χ0n) is 9.78. The summed E-state index contributed by atoms with van der Waals surface area (Å²) in [5.74, 6) is -6.12. The van der Waals surface area contributed by atoms with Crippen LogP contribution >= 0.6 is 0 Å². The van der Waals surface area contributed by atoms with E-state index in [0.717, 1.165) is 18.9 Å². The van der Waals surface area contributed by atoms with Gasteiger partial charge in [-0.05, 0) is 0 Å². The van der Waals surface area contributed by atoms with Gasteiger partial charge in [0.2, 0.25) is 0 Å². The monoisotopic (exact) mass is 305 g/mol. The lowest BCUT2D eigenvalue weighted by molar-refractivity contribution is -0.171. The molecule has 7 nitrogen and oxygen atoms in total. The molecule has 1 unspecified atom stereocenters. The van der Waals surface area contributed by atoms with E-state index in [1.807, 2.05) is 0 Å². The Kier molecular flexibility index (Phi) is 5.81. The van der Waals surface area contributed by atoms with Gasteiger partial charge in [-0.25, -0.2) is 9.00 Å². The molecule has 0 heterocycles. The molecule has 11 heteroatoms. The standard InChI is InChI=1S/C8H10F3NO6S/c1-17-5(13)3-19(16,4-6(14)18-2)12-7(15)8(9,10)11/h3H,4H2,1-2H3,(H,12,15,16). The number of methoxy groups -OCH3 is 2. The zero-order chi connectivity index (χ0) is 15.3. The fourth-order valence-corrected chi connectivity index (χ4v) is 2.28. The number of hydrogen-bond donors (Lipinski definition) is 1. The largest absolute Gasteiger partial charge is 0.472 e.